The van der Waals surface area contributed by atoms with Crippen molar-refractivity contribution in [2.75, 3.05) is 26.2 Å². The molecular formula is C21H18Cl2F4N6O4. The molecule has 1 aromatic carbocycles. The summed E-state index contributed by atoms with van der Waals surface area (Å²) < 4.78 is 47.4. The van der Waals surface area contributed by atoms with E-state index in [0.29, 0.717) is 36.2 Å². The van der Waals surface area contributed by atoms with E-state index in [-0.39, 0.29) is 33.8 Å². The van der Waals surface area contributed by atoms with Crippen molar-refractivity contribution in [3.63, 3.8) is 0 Å². The van der Waals surface area contributed by atoms with E-state index in [4.69, 9.17) is 33.1 Å². The Kier molecular flexibility index (Phi) is 7.44. The number of halogens is 6. The van der Waals surface area contributed by atoms with Crippen molar-refractivity contribution in [3.05, 3.63) is 61.6 Å². The number of hydrogen-bond donors (Lipinski definition) is 3. The van der Waals surface area contributed by atoms with Gasteiger partial charge in [-0.05, 0) is 29.5 Å². The molecule has 1 amide bonds. The minimum Gasteiger partial charge on any atom is -0.475 e. The Hall–Kier alpha value is -3.23. The molecule has 2 atom stereocenters. The number of fused-ring (bicyclic) bond motifs is 2. The highest BCUT2D eigenvalue weighted by Crippen LogP contribution is 2.28. The van der Waals surface area contributed by atoms with Gasteiger partial charge in [-0.25, -0.2) is 28.5 Å². The maximum absolute atomic E-state index is 14.5. The average Bonchev–Trinajstić information content (AvgIpc) is 3.51. The predicted molar refractivity (Wildman–Crippen MR) is 122 cm³/mol. The molecular weight excluding hydrogens is 547 g/mol. The molecule has 2 saturated heterocycles. The number of nitrogens with zero attached hydrogens (tertiary/aromatic N) is 4. The first-order valence-corrected chi connectivity index (χ1v) is 11.5. The number of amides is 1. The quantitative estimate of drug-likeness (QED) is 0.416. The molecule has 2 aliphatic heterocycles. The van der Waals surface area contributed by atoms with Gasteiger partial charge in [-0.1, -0.05) is 29.3 Å². The lowest BCUT2D eigenvalue weighted by atomic mass is 10.0. The predicted octanol–water partition coefficient (Wildman–Crippen LogP) is 2.38. The monoisotopic (exact) mass is 564 g/mol. The number of rotatable bonds is 3. The van der Waals surface area contributed by atoms with E-state index in [1.807, 2.05) is 0 Å². The van der Waals surface area contributed by atoms with Gasteiger partial charge in [0.1, 0.15) is 11.5 Å². The van der Waals surface area contributed by atoms with Crippen molar-refractivity contribution >= 4 is 40.7 Å². The van der Waals surface area contributed by atoms with Crippen molar-refractivity contribution in [1.29, 1.82) is 0 Å². The van der Waals surface area contributed by atoms with Crippen LogP contribution in [0.25, 0.3) is 5.65 Å². The fourth-order valence-corrected chi connectivity index (χ4v) is 4.68. The average molecular weight is 565 g/mol. The van der Waals surface area contributed by atoms with Gasteiger partial charge in [0.15, 0.2) is 16.0 Å². The number of aromatic amines is 1. The number of imidazole rings is 1. The van der Waals surface area contributed by atoms with Crippen LogP contribution in [0.15, 0.2) is 23.0 Å². The van der Waals surface area contributed by atoms with Crippen LogP contribution in [0.1, 0.15) is 21.6 Å². The van der Waals surface area contributed by atoms with Gasteiger partial charge in [0.2, 0.25) is 0 Å². The van der Waals surface area contributed by atoms with E-state index in [0.717, 1.165) is 17.5 Å². The van der Waals surface area contributed by atoms with Gasteiger partial charge in [0.25, 0.3) is 5.91 Å². The van der Waals surface area contributed by atoms with Gasteiger partial charge in [-0.2, -0.15) is 18.3 Å². The lowest BCUT2D eigenvalue weighted by Gasteiger charge is -2.18. The highest BCUT2D eigenvalue weighted by molar-refractivity contribution is 6.40. The van der Waals surface area contributed by atoms with Gasteiger partial charge in [-0.3, -0.25) is 4.79 Å². The van der Waals surface area contributed by atoms with Gasteiger partial charge in [0.05, 0.1) is 5.56 Å². The molecule has 0 saturated carbocycles. The van der Waals surface area contributed by atoms with Gasteiger partial charge in [-0.15, -0.1) is 0 Å². The second-order valence-electron chi connectivity index (χ2n) is 8.51. The fraction of sp³-hybridized carbons (Fsp3) is 0.381. The molecule has 2 aliphatic rings. The van der Waals surface area contributed by atoms with Crippen LogP contribution in [0.5, 0.6) is 0 Å². The van der Waals surface area contributed by atoms with Crippen LogP contribution in [0.4, 0.5) is 17.6 Å². The van der Waals surface area contributed by atoms with Crippen molar-refractivity contribution in [1.82, 2.24) is 29.8 Å². The van der Waals surface area contributed by atoms with E-state index < -0.39 is 23.7 Å². The maximum Gasteiger partial charge on any atom is 0.490 e. The Morgan fingerprint density at radius 2 is 1.78 bits per heavy atom. The SMILES string of the molecule is O=C(O)C(F)(F)F.O=C(c1cc(Cc2n[nH]c(=O)n3c(Cl)c(Cl)nc23)ccc1F)N1CC2CNCC2C1. The summed E-state index contributed by atoms with van der Waals surface area (Å²) in [4.78, 5) is 39.7. The molecule has 5 rings (SSSR count). The molecule has 16 heteroatoms. The number of carbonyl (C=O) groups is 2. The summed E-state index contributed by atoms with van der Waals surface area (Å²) in [5.41, 5.74) is 0.723. The summed E-state index contributed by atoms with van der Waals surface area (Å²) in [7, 11) is 0. The number of benzene rings is 1. The summed E-state index contributed by atoms with van der Waals surface area (Å²) >= 11 is 12.0. The minimum absolute atomic E-state index is 0.0133. The number of aromatic nitrogens is 4. The molecule has 3 N–H and O–H groups in total. The minimum atomic E-state index is -5.08. The molecule has 0 radical (unpaired) electrons. The Morgan fingerprint density at radius 3 is 2.38 bits per heavy atom. The van der Waals surface area contributed by atoms with Crippen LogP contribution < -0.4 is 11.0 Å². The smallest absolute Gasteiger partial charge is 0.475 e. The summed E-state index contributed by atoms with van der Waals surface area (Å²) in [6, 6.07) is 4.37. The third kappa shape index (κ3) is 5.55. The normalized spacial score (nSPS) is 19.0. The number of carbonyl (C=O) groups excluding carboxylic acids is 1. The van der Waals surface area contributed by atoms with E-state index >= 15 is 0 Å². The van der Waals surface area contributed by atoms with E-state index in [1.54, 1.807) is 11.0 Å². The van der Waals surface area contributed by atoms with Crippen molar-refractivity contribution in [2.24, 2.45) is 11.8 Å². The van der Waals surface area contributed by atoms with Gasteiger partial charge < -0.3 is 15.3 Å². The van der Waals surface area contributed by atoms with Crippen LogP contribution in [0, 0.1) is 17.7 Å². The number of H-pyrrole nitrogens is 1. The Morgan fingerprint density at radius 1 is 1.16 bits per heavy atom. The van der Waals surface area contributed by atoms with Crippen LogP contribution in [0.2, 0.25) is 10.3 Å². The number of carboxylic acids is 1. The first-order chi connectivity index (χ1) is 17.4. The van der Waals surface area contributed by atoms with E-state index in [1.165, 1.54) is 12.1 Å². The van der Waals surface area contributed by atoms with Crippen LogP contribution in [-0.4, -0.2) is 73.8 Å². The number of nitrogens with one attached hydrogen (secondary N) is 2. The van der Waals surface area contributed by atoms with Crippen molar-refractivity contribution < 1.29 is 32.3 Å². The number of carboxylic acid groups (broad SMARTS) is 1. The molecule has 3 aromatic rings. The standard InChI is InChI=1S/C19H17Cl2FN6O2.C2HF3O2/c20-15-16(21)28-17(24-15)14(25-26-19(28)30)4-9-1-2-13(22)12(3-9)18(29)27-7-10-5-23-6-11(10)8-27;3-2(4,5)1(6)7/h1-3,10-11,23H,4-8H2,(H,26,30);(H,6,7). The summed E-state index contributed by atoms with van der Waals surface area (Å²) in [6.45, 7) is 3.04. The van der Waals surface area contributed by atoms with Gasteiger partial charge in [0, 0.05) is 32.6 Å². The lowest BCUT2D eigenvalue weighted by Crippen LogP contribution is -2.32. The van der Waals surface area contributed by atoms with Crippen molar-refractivity contribution in [3.8, 4) is 0 Å². The summed E-state index contributed by atoms with van der Waals surface area (Å²) in [5.74, 6) is -2.78. The highest BCUT2D eigenvalue weighted by Gasteiger charge is 2.39. The second kappa shape index (κ2) is 10.3. The van der Waals surface area contributed by atoms with Crippen molar-refractivity contribution in [2.45, 2.75) is 12.6 Å². The molecule has 198 valence electrons. The molecule has 37 heavy (non-hydrogen) atoms. The largest absolute Gasteiger partial charge is 0.490 e. The lowest BCUT2D eigenvalue weighted by molar-refractivity contribution is -0.192. The first kappa shape index (κ1) is 26.8. The van der Waals surface area contributed by atoms with E-state index in [2.05, 4.69) is 20.5 Å². The zero-order chi connectivity index (χ0) is 27.1. The molecule has 2 unspecified atom stereocenters. The number of alkyl halides is 3. The number of hydrogen-bond acceptors (Lipinski definition) is 6. The van der Waals surface area contributed by atoms with Gasteiger partial charge >= 0.3 is 17.8 Å². The second-order valence-corrected chi connectivity index (χ2v) is 9.23. The molecule has 0 bridgehead atoms. The van der Waals surface area contributed by atoms with Crippen LogP contribution >= 0.6 is 23.2 Å². The maximum atomic E-state index is 14.5. The molecule has 0 aliphatic carbocycles. The Balaban J connectivity index is 0.000000405. The fourth-order valence-electron chi connectivity index (χ4n) is 4.32. The summed E-state index contributed by atoms with van der Waals surface area (Å²) in [6.07, 6.45) is -4.88. The molecule has 0 spiro atoms. The zero-order valence-electron chi connectivity index (χ0n) is 18.7. The third-order valence-electron chi connectivity index (χ3n) is 6.08. The van der Waals surface area contributed by atoms with E-state index in [9.17, 15) is 27.2 Å². The number of likely N-dealkylation sites (tertiary alicyclic amines) is 1. The Labute approximate surface area is 215 Å². The Bertz CT molecular complexity index is 1410. The third-order valence-corrected chi connectivity index (χ3v) is 6.79. The first-order valence-electron chi connectivity index (χ1n) is 10.8. The topological polar surface area (TPSA) is 133 Å². The van der Waals surface area contributed by atoms with Crippen LogP contribution in [0.3, 0.4) is 0 Å². The molecule has 10 nitrogen and oxygen atoms in total. The molecule has 2 fully saturated rings. The number of aliphatic carboxylic acids is 1. The molecule has 2 aromatic heterocycles. The van der Waals surface area contributed by atoms with Crippen LogP contribution in [-0.2, 0) is 11.2 Å². The summed E-state index contributed by atoms with van der Waals surface area (Å²) in [5, 5.41) is 16.8. The molecule has 4 heterocycles. The zero-order valence-corrected chi connectivity index (χ0v) is 20.2. The highest BCUT2D eigenvalue weighted by atomic mass is 35.5.